The topological polar surface area (TPSA) is 162 Å². The molecule has 3 N–H and O–H groups in total. The molecular weight excluding hydrogens is 584 g/mol. The van der Waals surface area contributed by atoms with Crippen molar-refractivity contribution in [1.29, 1.82) is 0 Å². The number of carboxylic acids is 1. The van der Waals surface area contributed by atoms with Gasteiger partial charge in [-0.3, -0.25) is 9.69 Å². The summed E-state index contributed by atoms with van der Waals surface area (Å²) in [5.74, 6) is -1.43. The van der Waals surface area contributed by atoms with Crippen molar-refractivity contribution in [1.82, 2.24) is 9.97 Å². The van der Waals surface area contributed by atoms with Gasteiger partial charge in [0.15, 0.2) is 9.90 Å². The number of sulfone groups is 1. The fourth-order valence-corrected chi connectivity index (χ4v) is 6.45. The average Bonchev–Trinajstić information content (AvgIpc) is 3.76. The third-order valence-corrected chi connectivity index (χ3v) is 9.46. The predicted octanol–water partition coefficient (Wildman–Crippen LogP) is 4.59. The summed E-state index contributed by atoms with van der Waals surface area (Å²) in [4.78, 5) is 31.9. The lowest BCUT2D eigenvalue weighted by Gasteiger charge is -2.30. The molecule has 1 unspecified atom stereocenters. The van der Waals surface area contributed by atoms with Crippen molar-refractivity contribution in [2.45, 2.75) is 74.3 Å². The smallest absolute Gasteiger partial charge is 0.416 e. The molecule has 1 aliphatic rings. The van der Waals surface area contributed by atoms with E-state index in [0.717, 1.165) is 29.7 Å². The molecule has 1 saturated carbocycles. The SMILES string of the molecule is CCCOCC1(c2ccc(CC(N)(c3cccc(N(CC(=O)O)C(=O)OC(C)(C)C)n3)S(=O)(=O)c3ccccn3)cc2)CC1. The Hall–Kier alpha value is -3.87. The van der Waals surface area contributed by atoms with Crippen molar-refractivity contribution in [3.8, 4) is 0 Å². The molecule has 236 valence electrons. The zero-order valence-electron chi connectivity index (χ0n) is 25.5. The van der Waals surface area contributed by atoms with Crippen molar-refractivity contribution in [2.24, 2.45) is 5.73 Å². The Balaban J connectivity index is 1.75. The zero-order valence-corrected chi connectivity index (χ0v) is 26.3. The van der Waals surface area contributed by atoms with Crippen LogP contribution in [0.3, 0.4) is 0 Å². The van der Waals surface area contributed by atoms with Crippen LogP contribution in [0, 0.1) is 0 Å². The first kappa shape index (κ1) is 33.0. The number of hydrogen-bond acceptors (Lipinski definition) is 9. The van der Waals surface area contributed by atoms with Gasteiger partial charge in [0, 0.05) is 24.6 Å². The highest BCUT2D eigenvalue weighted by molar-refractivity contribution is 7.92. The van der Waals surface area contributed by atoms with Crippen molar-refractivity contribution in [2.75, 3.05) is 24.7 Å². The summed E-state index contributed by atoms with van der Waals surface area (Å²) >= 11 is 0. The summed E-state index contributed by atoms with van der Waals surface area (Å²) in [6.45, 7) is 7.58. The zero-order chi connectivity index (χ0) is 32.2. The number of anilines is 1. The number of rotatable bonds is 13. The van der Waals surface area contributed by atoms with E-state index in [2.05, 4.69) is 16.9 Å². The Morgan fingerprint density at radius 2 is 1.75 bits per heavy atom. The molecular formula is C32H40N4O7S. The lowest BCUT2D eigenvalue weighted by atomic mass is 9.94. The van der Waals surface area contributed by atoms with Crippen molar-refractivity contribution in [3.63, 3.8) is 0 Å². The van der Waals surface area contributed by atoms with Crippen LogP contribution >= 0.6 is 0 Å². The maximum Gasteiger partial charge on any atom is 0.416 e. The quantitative estimate of drug-likeness (QED) is 0.257. The predicted molar refractivity (Wildman–Crippen MR) is 165 cm³/mol. The van der Waals surface area contributed by atoms with Crippen LogP contribution in [0.4, 0.5) is 10.6 Å². The number of carbonyl (C=O) groups excluding carboxylic acids is 1. The second kappa shape index (κ2) is 13.0. The number of aliphatic carboxylic acids is 1. The van der Waals surface area contributed by atoms with E-state index >= 15 is 0 Å². The molecule has 1 atom stereocenters. The molecule has 1 fully saturated rings. The molecule has 0 aliphatic heterocycles. The lowest BCUT2D eigenvalue weighted by molar-refractivity contribution is -0.135. The summed E-state index contributed by atoms with van der Waals surface area (Å²) in [6, 6.07) is 16.5. The highest BCUT2D eigenvalue weighted by Crippen LogP contribution is 2.48. The van der Waals surface area contributed by atoms with E-state index in [-0.39, 0.29) is 28.4 Å². The van der Waals surface area contributed by atoms with E-state index in [0.29, 0.717) is 18.8 Å². The fourth-order valence-electron chi connectivity index (χ4n) is 4.88. The maximum absolute atomic E-state index is 14.2. The maximum atomic E-state index is 14.2. The minimum atomic E-state index is -4.37. The molecule has 2 aromatic heterocycles. The van der Waals surface area contributed by atoms with E-state index in [1.165, 1.54) is 30.5 Å². The number of aromatic nitrogens is 2. The molecule has 0 spiro atoms. The van der Waals surface area contributed by atoms with Gasteiger partial charge in [-0.2, -0.15) is 0 Å². The molecule has 11 nitrogen and oxygen atoms in total. The van der Waals surface area contributed by atoms with Crippen LogP contribution in [0.5, 0.6) is 0 Å². The first-order valence-corrected chi connectivity index (χ1v) is 16.0. The molecule has 0 radical (unpaired) electrons. The Labute approximate surface area is 258 Å². The van der Waals surface area contributed by atoms with Gasteiger partial charge in [-0.25, -0.2) is 23.2 Å². The summed E-state index contributed by atoms with van der Waals surface area (Å²) in [5, 5.41) is 9.28. The fraction of sp³-hybridized carbons (Fsp3) is 0.438. The van der Waals surface area contributed by atoms with Crippen LogP contribution in [0.1, 0.15) is 63.8 Å². The van der Waals surface area contributed by atoms with Gasteiger partial charge in [-0.15, -0.1) is 0 Å². The lowest BCUT2D eigenvalue weighted by Crippen LogP contribution is -2.48. The highest BCUT2D eigenvalue weighted by atomic mass is 32.2. The number of benzene rings is 1. The van der Waals surface area contributed by atoms with E-state index in [1.54, 1.807) is 32.9 Å². The molecule has 3 aromatic rings. The van der Waals surface area contributed by atoms with Crippen molar-refractivity contribution in [3.05, 3.63) is 83.7 Å². The third-order valence-electron chi connectivity index (χ3n) is 7.36. The molecule has 0 saturated heterocycles. The number of carbonyl (C=O) groups is 2. The van der Waals surface area contributed by atoms with Crippen molar-refractivity contribution < 1.29 is 32.6 Å². The standard InChI is InChI=1S/C32H40N4O7S/c1-5-19-42-22-31(16-17-31)24-14-12-23(13-15-24)20-32(33,44(40,41)27-11-6-7-18-34-27)25-9-8-10-26(35-25)36(21-28(37)38)29(39)43-30(2,3)4/h6-15,18H,5,16-17,19-22,33H2,1-4H3,(H,37,38). The minimum absolute atomic E-state index is 0.0291. The van der Waals surface area contributed by atoms with Gasteiger partial charge < -0.3 is 20.3 Å². The molecule has 1 amide bonds. The van der Waals surface area contributed by atoms with E-state index < -0.39 is 38.9 Å². The van der Waals surface area contributed by atoms with Crippen LogP contribution in [0.2, 0.25) is 0 Å². The number of carboxylic acid groups (broad SMARTS) is 1. The van der Waals surface area contributed by atoms with Crippen LogP contribution in [-0.2, 0) is 40.8 Å². The largest absolute Gasteiger partial charge is 0.480 e. The monoisotopic (exact) mass is 624 g/mol. The van der Waals surface area contributed by atoms with Crippen molar-refractivity contribution >= 4 is 27.7 Å². The molecule has 2 heterocycles. The van der Waals surface area contributed by atoms with E-state index in [4.69, 9.17) is 15.2 Å². The van der Waals surface area contributed by atoms with Gasteiger partial charge in [0.25, 0.3) is 0 Å². The number of nitrogens with two attached hydrogens (primary N) is 1. The number of pyridine rings is 2. The molecule has 1 aromatic carbocycles. The third kappa shape index (κ3) is 7.43. The molecule has 0 bridgehead atoms. The number of nitrogens with zero attached hydrogens (tertiary/aromatic N) is 3. The first-order valence-electron chi connectivity index (χ1n) is 14.5. The molecule has 4 rings (SSSR count). The van der Waals surface area contributed by atoms with Gasteiger partial charge in [0.05, 0.1) is 12.3 Å². The van der Waals surface area contributed by atoms with Gasteiger partial charge >= 0.3 is 12.1 Å². The number of ether oxygens (including phenoxy) is 2. The van der Waals surface area contributed by atoms with Crippen LogP contribution in [0.25, 0.3) is 0 Å². The molecule has 12 heteroatoms. The summed E-state index contributed by atoms with van der Waals surface area (Å²) in [6.07, 6.45) is 3.22. The highest BCUT2D eigenvalue weighted by Gasteiger charge is 2.47. The second-order valence-electron chi connectivity index (χ2n) is 12.1. The van der Waals surface area contributed by atoms with Crippen LogP contribution < -0.4 is 10.6 Å². The average molecular weight is 625 g/mol. The number of hydrogen-bond donors (Lipinski definition) is 2. The summed E-state index contributed by atoms with van der Waals surface area (Å²) in [5.41, 5.74) is 7.59. The summed E-state index contributed by atoms with van der Waals surface area (Å²) < 4.78 is 39.6. The Kier molecular flexibility index (Phi) is 9.77. The normalized spacial score (nSPS) is 15.7. The van der Waals surface area contributed by atoms with Gasteiger partial charge in [-0.05, 0) is 75.4 Å². The Morgan fingerprint density at radius 3 is 2.32 bits per heavy atom. The van der Waals surface area contributed by atoms with Gasteiger partial charge in [0.1, 0.15) is 18.0 Å². The number of amides is 1. The second-order valence-corrected chi connectivity index (χ2v) is 14.3. The molecule has 44 heavy (non-hydrogen) atoms. The summed E-state index contributed by atoms with van der Waals surface area (Å²) in [7, 11) is -4.37. The van der Waals surface area contributed by atoms with Gasteiger partial charge in [-0.1, -0.05) is 43.3 Å². The van der Waals surface area contributed by atoms with Crippen LogP contribution in [-0.4, -0.2) is 60.9 Å². The first-order chi connectivity index (χ1) is 20.7. The minimum Gasteiger partial charge on any atom is -0.480 e. The molecule has 1 aliphatic carbocycles. The van der Waals surface area contributed by atoms with E-state index in [9.17, 15) is 23.1 Å². The Morgan fingerprint density at radius 1 is 1.05 bits per heavy atom. The van der Waals surface area contributed by atoms with E-state index in [1.807, 2.05) is 24.3 Å². The van der Waals surface area contributed by atoms with Gasteiger partial charge in [0.2, 0.25) is 9.84 Å². The Bertz CT molecular complexity index is 1570. The van der Waals surface area contributed by atoms with Crippen LogP contribution in [0.15, 0.2) is 71.9 Å².